The summed E-state index contributed by atoms with van der Waals surface area (Å²) in [5, 5.41) is 11.9. The van der Waals surface area contributed by atoms with Crippen molar-refractivity contribution in [3.8, 4) is 17.0 Å². The number of carbonyl (C=O) groups is 1. The van der Waals surface area contributed by atoms with Crippen molar-refractivity contribution in [3.63, 3.8) is 0 Å². The molecule has 4 rings (SSSR count). The number of aryl methyl sites for hydroxylation is 1. The Balaban J connectivity index is 1.67. The number of nitrogens with one attached hydrogen (secondary N) is 2. The summed E-state index contributed by atoms with van der Waals surface area (Å²) in [4.78, 5) is 25.8. The quantitative estimate of drug-likeness (QED) is 0.195. The number of rotatable bonds is 14. The molecule has 0 saturated heterocycles. The average Bonchev–Trinajstić information content (AvgIpc) is 3.41. The van der Waals surface area contributed by atoms with Gasteiger partial charge in [0.15, 0.2) is 0 Å². The van der Waals surface area contributed by atoms with Gasteiger partial charge in [0.2, 0.25) is 5.91 Å². The topological polar surface area (TPSA) is 100 Å². The Kier molecular flexibility index (Phi) is 9.91. The Hall–Kier alpha value is -4.44. The fourth-order valence-corrected chi connectivity index (χ4v) is 4.71. The SMILES string of the molecule is C=CC(=O)Nc1cc(Nc2cc(-c3ccc4c(cnn4CC)c3)ncn2)c(OCC)cc1N(C)CCN(CC)CC. The number of aromatic nitrogens is 4. The van der Waals surface area contributed by atoms with Gasteiger partial charge in [-0.15, -0.1) is 0 Å². The maximum absolute atomic E-state index is 12.4. The van der Waals surface area contributed by atoms with E-state index < -0.39 is 0 Å². The molecule has 0 aliphatic rings. The zero-order chi connectivity index (χ0) is 29.4. The minimum Gasteiger partial charge on any atom is -0.492 e. The number of hydrogen-bond acceptors (Lipinski definition) is 8. The number of likely N-dealkylation sites (N-methyl/N-ethyl adjacent to an activating group) is 2. The van der Waals surface area contributed by atoms with Gasteiger partial charge in [0.25, 0.3) is 0 Å². The van der Waals surface area contributed by atoms with E-state index in [0.29, 0.717) is 29.5 Å². The number of hydrogen-bond donors (Lipinski definition) is 2. The molecular formula is C31H40N8O2. The maximum atomic E-state index is 12.4. The normalized spacial score (nSPS) is 11.1. The highest BCUT2D eigenvalue weighted by Gasteiger charge is 2.17. The molecule has 0 radical (unpaired) electrons. The number of nitrogens with zero attached hydrogens (tertiary/aromatic N) is 6. The summed E-state index contributed by atoms with van der Waals surface area (Å²) in [5.41, 5.74) is 5.01. The van der Waals surface area contributed by atoms with Gasteiger partial charge in [0, 0.05) is 49.8 Å². The molecule has 2 aromatic heterocycles. The van der Waals surface area contributed by atoms with Crippen LogP contribution in [0.5, 0.6) is 5.75 Å². The largest absolute Gasteiger partial charge is 0.492 e. The highest BCUT2D eigenvalue weighted by Crippen LogP contribution is 2.38. The average molecular weight is 557 g/mol. The molecule has 0 aliphatic heterocycles. The summed E-state index contributed by atoms with van der Waals surface area (Å²) in [5.74, 6) is 0.968. The van der Waals surface area contributed by atoms with Gasteiger partial charge in [-0.3, -0.25) is 9.48 Å². The van der Waals surface area contributed by atoms with E-state index in [0.717, 1.165) is 60.6 Å². The molecule has 0 fully saturated rings. The molecule has 10 nitrogen and oxygen atoms in total. The van der Waals surface area contributed by atoms with Gasteiger partial charge in [-0.05, 0) is 51.2 Å². The first-order valence-corrected chi connectivity index (χ1v) is 14.1. The van der Waals surface area contributed by atoms with Crippen LogP contribution in [0.25, 0.3) is 22.2 Å². The molecule has 2 aromatic carbocycles. The van der Waals surface area contributed by atoms with Crippen LogP contribution in [-0.4, -0.2) is 70.4 Å². The van der Waals surface area contributed by atoms with Crippen molar-refractivity contribution in [2.75, 3.05) is 55.4 Å². The van der Waals surface area contributed by atoms with E-state index in [1.807, 2.05) is 49.1 Å². The lowest BCUT2D eigenvalue weighted by atomic mass is 10.1. The van der Waals surface area contributed by atoms with Gasteiger partial charge in [-0.1, -0.05) is 26.5 Å². The fourth-order valence-electron chi connectivity index (χ4n) is 4.71. The second-order valence-electron chi connectivity index (χ2n) is 9.59. The monoisotopic (exact) mass is 556 g/mol. The third-order valence-corrected chi connectivity index (χ3v) is 7.07. The van der Waals surface area contributed by atoms with Gasteiger partial charge < -0.3 is 25.2 Å². The third-order valence-electron chi connectivity index (χ3n) is 7.07. The van der Waals surface area contributed by atoms with Crippen LogP contribution in [0.3, 0.4) is 0 Å². The number of fused-ring (bicyclic) bond motifs is 1. The highest BCUT2D eigenvalue weighted by molar-refractivity contribution is 6.02. The van der Waals surface area contributed by atoms with Crippen LogP contribution >= 0.6 is 0 Å². The number of benzene rings is 2. The Labute approximate surface area is 242 Å². The molecule has 10 heteroatoms. The summed E-state index contributed by atoms with van der Waals surface area (Å²) in [6.45, 7) is 16.9. The molecule has 216 valence electrons. The molecule has 0 bridgehead atoms. The molecule has 1 amide bonds. The molecule has 0 unspecified atom stereocenters. The number of ether oxygens (including phenoxy) is 1. The van der Waals surface area contributed by atoms with Crippen molar-refractivity contribution >= 4 is 39.7 Å². The Bertz CT molecular complexity index is 1500. The Morgan fingerprint density at radius 2 is 1.85 bits per heavy atom. The lowest BCUT2D eigenvalue weighted by molar-refractivity contribution is -0.111. The highest BCUT2D eigenvalue weighted by atomic mass is 16.5. The summed E-state index contributed by atoms with van der Waals surface area (Å²) in [7, 11) is 2.02. The number of amides is 1. The van der Waals surface area contributed by atoms with E-state index in [-0.39, 0.29) is 5.91 Å². The van der Waals surface area contributed by atoms with Crippen LogP contribution in [0.4, 0.5) is 22.9 Å². The molecule has 41 heavy (non-hydrogen) atoms. The van der Waals surface area contributed by atoms with Gasteiger partial charge >= 0.3 is 0 Å². The maximum Gasteiger partial charge on any atom is 0.247 e. The molecule has 0 atom stereocenters. The molecule has 4 aromatic rings. The van der Waals surface area contributed by atoms with E-state index in [1.165, 1.54) is 12.4 Å². The van der Waals surface area contributed by atoms with E-state index in [1.54, 1.807) is 0 Å². The van der Waals surface area contributed by atoms with E-state index in [2.05, 4.69) is 75.0 Å². The van der Waals surface area contributed by atoms with Crippen LogP contribution in [0.1, 0.15) is 27.7 Å². The van der Waals surface area contributed by atoms with Crippen molar-refractivity contribution in [2.24, 2.45) is 0 Å². The van der Waals surface area contributed by atoms with E-state index in [4.69, 9.17) is 4.74 Å². The predicted molar refractivity (Wildman–Crippen MR) is 167 cm³/mol. The first kappa shape index (κ1) is 29.5. The van der Waals surface area contributed by atoms with Gasteiger partial charge in [-0.25, -0.2) is 9.97 Å². The zero-order valence-electron chi connectivity index (χ0n) is 24.6. The molecule has 2 N–H and O–H groups in total. The smallest absolute Gasteiger partial charge is 0.247 e. The summed E-state index contributed by atoms with van der Waals surface area (Å²) in [6.07, 6.45) is 4.67. The lowest BCUT2D eigenvalue weighted by Gasteiger charge is -2.27. The summed E-state index contributed by atoms with van der Waals surface area (Å²) >= 11 is 0. The molecule has 0 saturated carbocycles. The number of anilines is 4. The van der Waals surface area contributed by atoms with Crippen LogP contribution in [0.15, 0.2) is 61.6 Å². The Morgan fingerprint density at radius 1 is 1.05 bits per heavy atom. The molecular weight excluding hydrogens is 516 g/mol. The van der Waals surface area contributed by atoms with Crippen LogP contribution < -0.4 is 20.3 Å². The molecule has 0 spiro atoms. The van der Waals surface area contributed by atoms with Crippen molar-refractivity contribution < 1.29 is 9.53 Å². The number of carbonyl (C=O) groups excluding carboxylic acids is 1. The van der Waals surface area contributed by atoms with Crippen molar-refractivity contribution in [3.05, 3.63) is 61.6 Å². The molecule has 0 aliphatic carbocycles. The van der Waals surface area contributed by atoms with Gasteiger partial charge in [0.05, 0.1) is 41.1 Å². The van der Waals surface area contributed by atoms with E-state index in [9.17, 15) is 4.79 Å². The Morgan fingerprint density at radius 3 is 2.56 bits per heavy atom. The first-order valence-electron chi connectivity index (χ1n) is 14.1. The van der Waals surface area contributed by atoms with Crippen molar-refractivity contribution in [2.45, 2.75) is 34.2 Å². The van der Waals surface area contributed by atoms with E-state index >= 15 is 0 Å². The predicted octanol–water partition coefficient (Wildman–Crippen LogP) is 5.56. The van der Waals surface area contributed by atoms with Crippen LogP contribution in [0.2, 0.25) is 0 Å². The zero-order valence-corrected chi connectivity index (χ0v) is 24.6. The van der Waals surface area contributed by atoms with Crippen LogP contribution in [-0.2, 0) is 11.3 Å². The second kappa shape index (κ2) is 13.8. The summed E-state index contributed by atoms with van der Waals surface area (Å²) < 4.78 is 8.01. The minimum absolute atomic E-state index is 0.287. The second-order valence-corrected chi connectivity index (χ2v) is 9.59. The first-order chi connectivity index (χ1) is 19.9. The van der Waals surface area contributed by atoms with Crippen LogP contribution in [0, 0.1) is 0 Å². The van der Waals surface area contributed by atoms with Gasteiger partial charge in [-0.2, -0.15) is 5.10 Å². The minimum atomic E-state index is -0.287. The molecule has 2 heterocycles. The fraction of sp³-hybridized carbons (Fsp3) is 0.355. The van der Waals surface area contributed by atoms with Gasteiger partial charge in [0.1, 0.15) is 17.9 Å². The lowest BCUT2D eigenvalue weighted by Crippen LogP contribution is -2.33. The summed E-state index contributed by atoms with van der Waals surface area (Å²) in [6, 6.07) is 11.9. The third kappa shape index (κ3) is 7.01. The van der Waals surface area contributed by atoms with Crippen molar-refractivity contribution in [1.29, 1.82) is 0 Å². The standard InChI is InChI=1S/C31H40N8O2/c1-7-31(40)36-25-17-26(29(41-11-5)19-28(25)37(6)14-15-38(8-2)9-3)35-30-18-24(32-21-33-30)22-12-13-27-23(16-22)20-34-39(27)10-4/h7,12-13,16-21H,1,8-11,14-15H2,2-6H3,(H,36,40)(H,32,33,35). The van der Waals surface area contributed by atoms with Crippen molar-refractivity contribution in [1.82, 2.24) is 24.6 Å².